The molecular weight excluding hydrogens is 249 g/mol. The van der Waals surface area contributed by atoms with Crippen molar-refractivity contribution in [2.24, 2.45) is 0 Å². The van der Waals surface area contributed by atoms with Crippen LogP contribution in [0, 0.1) is 0 Å². The van der Waals surface area contributed by atoms with Crippen molar-refractivity contribution in [2.45, 2.75) is 30.7 Å². The molecule has 0 spiro atoms. The summed E-state index contributed by atoms with van der Waals surface area (Å²) in [6, 6.07) is 0. The van der Waals surface area contributed by atoms with Crippen molar-refractivity contribution in [3.8, 4) is 0 Å². The van der Waals surface area contributed by atoms with Crippen LogP contribution in [0.5, 0.6) is 0 Å². The van der Waals surface area contributed by atoms with E-state index in [0.717, 1.165) is 0 Å². The van der Waals surface area contributed by atoms with Crippen LogP contribution in [0.25, 0.3) is 0 Å². The SMILES string of the molecule is [2H][C@]1(O)[C@H]([18OH])[C@@H](O)C(O)O[C@@H]1COP(=O)(O)O. The first kappa shape index (κ1) is 12.4. The van der Waals surface area contributed by atoms with Crippen LogP contribution in [-0.2, 0) is 13.8 Å². The molecule has 9 nitrogen and oxygen atoms in total. The normalized spacial score (nSPS) is 46.5. The van der Waals surface area contributed by atoms with Crippen LogP contribution in [0.2, 0.25) is 0 Å². The third-order valence-corrected chi connectivity index (χ3v) is 2.43. The van der Waals surface area contributed by atoms with E-state index < -0.39 is 45.1 Å². The first-order valence-electron chi connectivity index (χ1n) is 4.68. The molecule has 16 heavy (non-hydrogen) atoms. The Hall–Kier alpha value is -0.0900. The summed E-state index contributed by atoms with van der Waals surface area (Å²) in [6.45, 7) is -0.939. The summed E-state index contributed by atoms with van der Waals surface area (Å²) < 4.78 is 26.2. The molecule has 0 amide bonds. The summed E-state index contributed by atoms with van der Waals surface area (Å²) in [5.74, 6) is 0. The Balaban J connectivity index is 2.74. The number of aliphatic hydroxyl groups is 4. The van der Waals surface area contributed by atoms with Gasteiger partial charge in [0, 0.05) is 0 Å². The molecule has 1 aliphatic rings. The zero-order valence-corrected chi connectivity index (χ0v) is 8.77. The second-order valence-corrected chi connectivity index (χ2v) is 4.40. The van der Waals surface area contributed by atoms with Gasteiger partial charge in [-0.3, -0.25) is 4.52 Å². The van der Waals surface area contributed by atoms with Crippen LogP contribution in [0.15, 0.2) is 0 Å². The lowest BCUT2D eigenvalue weighted by atomic mass is 10.0. The van der Waals surface area contributed by atoms with Gasteiger partial charge in [0.2, 0.25) is 0 Å². The molecule has 1 heterocycles. The fourth-order valence-corrected chi connectivity index (χ4v) is 1.46. The van der Waals surface area contributed by atoms with Crippen LogP contribution in [-0.4, -0.2) is 67.5 Å². The minimum atomic E-state index is -4.84. The van der Waals surface area contributed by atoms with Gasteiger partial charge < -0.3 is 34.9 Å². The van der Waals surface area contributed by atoms with E-state index in [1.54, 1.807) is 0 Å². The second kappa shape index (κ2) is 5.05. The lowest BCUT2D eigenvalue weighted by molar-refractivity contribution is -0.285. The van der Waals surface area contributed by atoms with Crippen molar-refractivity contribution in [2.75, 3.05) is 6.61 Å². The smallest absolute Gasteiger partial charge is 0.387 e. The minimum Gasteiger partial charge on any atom is -0.387 e. The van der Waals surface area contributed by atoms with Crippen molar-refractivity contribution in [3.05, 3.63) is 0 Å². The quantitative estimate of drug-likeness (QED) is 0.229. The van der Waals surface area contributed by atoms with Crippen molar-refractivity contribution < 1.29 is 45.4 Å². The molecule has 0 aromatic heterocycles. The topological polar surface area (TPSA) is 157 Å². The summed E-state index contributed by atoms with van der Waals surface area (Å²) in [6.07, 6.45) is -10.4. The van der Waals surface area contributed by atoms with Gasteiger partial charge >= 0.3 is 7.82 Å². The highest BCUT2D eigenvalue weighted by atomic mass is 31.2. The van der Waals surface area contributed by atoms with Gasteiger partial charge in [-0.25, -0.2) is 4.57 Å². The molecular formula is C6H13O9P. The molecule has 1 unspecified atom stereocenters. The number of phosphoric acid groups is 1. The van der Waals surface area contributed by atoms with E-state index in [4.69, 9.17) is 21.4 Å². The van der Waals surface area contributed by atoms with Gasteiger partial charge in [0.1, 0.15) is 24.4 Å². The van der Waals surface area contributed by atoms with Crippen LogP contribution < -0.4 is 0 Å². The van der Waals surface area contributed by atoms with Crippen molar-refractivity contribution in [1.82, 2.24) is 0 Å². The average molecular weight is 263 g/mol. The third-order valence-electron chi connectivity index (χ3n) is 1.95. The summed E-state index contributed by atoms with van der Waals surface area (Å²) in [7, 11) is -4.84. The van der Waals surface area contributed by atoms with Gasteiger partial charge in [0.25, 0.3) is 0 Å². The molecule has 10 heteroatoms. The average Bonchev–Trinajstić information content (AvgIpc) is 2.18. The summed E-state index contributed by atoms with van der Waals surface area (Å²) in [5, 5.41) is 37.0. The molecule has 0 radical (unpaired) electrons. The molecule has 1 fully saturated rings. The second-order valence-electron chi connectivity index (χ2n) is 3.16. The molecule has 1 saturated heterocycles. The van der Waals surface area contributed by atoms with Gasteiger partial charge in [-0.1, -0.05) is 0 Å². The highest BCUT2D eigenvalue weighted by Gasteiger charge is 2.43. The summed E-state index contributed by atoms with van der Waals surface area (Å²) in [4.78, 5) is 16.8. The van der Waals surface area contributed by atoms with Gasteiger partial charge in [-0.2, -0.15) is 0 Å². The molecule has 0 bridgehead atoms. The number of hydrogen-bond acceptors (Lipinski definition) is 7. The van der Waals surface area contributed by atoms with Gasteiger partial charge in [-0.15, -0.1) is 0 Å². The van der Waals surface area contributed by atoms with E-state index in [9.17, 15) is 14.8 Å². The predicted octanol–water partition coefficient (Wildman–Crippen LogP) is -3.10. The molecule has 1 aliphatic heterocycles. The monoisotopic (exact) mass is 263 g/mol. The van der Waals surface area contributed by atoms with E-state index in [-0.39, 0.29) is 0 Å². The molecule has 5 atom stereocenters. The highest BCUT2D eigenvalue weighted by molar-refractivity contribution is 7.46. The zero-order chi connectivity index (χ0) is 13.4. The molecule has 1 rings (SSSR count). The Morgan fingerprint density at radius 2 is 2.00 bits per heavy atom. The van der Waals surface area contributed by atoms with Crippen LogP contribution >= 0.6 is 7.82 Å². The molecule has 0 aromatic carbocycles. The van der Waals surface area contributed by atoms with E-state index in [1.165, 1.54) is 0 Å². The van der Waals surface area contributed by atoms with E-state index in [1.807, 2.05) is 0 Å². The van der Waals surface area contributed by atoms with E-state index in [2.05, 4.69) is 9.26 Å². The van der Waals surface area contributed by atoms with Crippen molar-refractivity contribution in [3.63, 3.8) is 0 Å². The fourth-order valence-electron chi connectivity index (χ4n) is 1.13. The number of rotatable bonds is 3. The molecule has 0 aromatic rings. The number of hydrogen-bond donors (Lipinski definition) is 6. The first-order chi connectivity index (χ1) is 7.55. The Kier molecular flexibility index (Phi) is 3.90. The maximum Gasteiger partial charge on any atom is 0.469 e. The van der Waals surface area contributed by atoms with Crippen molar-refractivity contribution in [1.29, 1.82) is 0 Å². The molecule has 6 N–H and O–H groups in total. The predicted molar refractivity (Wildman–Crippen MR) is 46.9 cm³/mol. The van der Waals surface area contributed by atoms with E-state index in [0.29, 0.717) is 0 Å². The maximum absolute atomic E-state index is 10.4. The zero-order valence-electron chi connectivity index (χ0n) is 8.87. The van der Waals surface area contributed by atoms with Gasteiger partial charge in [0.05, 0.1) is 7.98 Å². The minimum absolute atomic E-state index is 0.939. The number of aliphatic hydroxyl groups excluding tert-OH is 3. The molecule has 0 aliphatic carbocycles. The Morgan fingerprint density at radius 3 is 2.50 bits per heavy atom. The van der Waals surface area contributed by atoms with Crippen molar-refractivity contribution >= 4 is 7.82 Å². The summed E-state index contributed by atoms with van der Waals surface area (Å²) >= 11 is 0. The molecule has 0 saturated carbocycles. The maximum atomic E-state index is 10.4. The highest BCUT2D eigenvalue weighted by Crippen LogP contribution is 2.36. The standard InChI is InChI=1S/C6H13O9P/c7-3-2(1-14-16(11,12)13)15-6(10)5(9)4(3)8/h2-10H,1H2,(H2,11,12,13)/t2-,3-,4+,5-,6?/m1/s1/i3D,8+2. The summed E-state index contributed by atoms with van der Waals surface area (Å²) in [5.41, 5.74) is 0. The lowest BCUT2D eigenvalue weighted by Gasteiger charge is -2.38. The van der Waals surface area contributed by atoms with Gasteiger partial charge in [-0.05, 0) is 0 Å². The number of phosphoric ester groups is 1. The third kappa shape index (κ3) is 3.45. The number of ether oxygens (including phenoxy) is 1. The fraction of sp³-hybridized carbons (Fsp3) is 1.00. The first-order valence-corrected chi connectivity index (χ1v) is 5.71. The van der Waals surface area contributed by atoms with Crippen LogP contribution in [0.4, 0.5) is 0 Å². The largest absolute Gasteiger partial charge is 0.469 e. The van der Waals surface area contributed by atoms with Crippen LogP contribution in [0.1, 0.15) is 1.37 Å². The lowest BCUT2D eigenvalue weighted by Crippen LogP contribution is -2.58. The van der Waals surface area contributed by atoms with E-state index >= 15 is 0 Å². The Labute approximate surface area is 91.5 Å². The Morgan fingerprint density at radius 1 is 1.44 bits per heavy atom. The van der Waals surface area contributed by atoms with Crippen LogP contribution in [0.3, 0.4) is 0 Å². The van der Waals surface area contributed by atoms with Gasteiger partial charge in [0.15, 0.2) is 6.29 Å². The molecule has 96 valence electrons. The Bertz CT molecular complexity index is 317.